The first-order valence-electron chi connectivity index (χ1n) is 5.89. The van der Waals surface area contributed by atoms with Crippen LogP contribution in [0, 0.1) is 0 Å². The van der Waals surface area contributed by atoms with E-state index in [1.807, 2.05) is 0 Å². The summed E-state index contributed by atoms with van der Waals surface area (Å²) in [6.45, 7) is 0. The van der Waals surface area contributed by atoms with E-state index in [4.69, 9.17) is 11.6 Å². The number of halogens is 3. The second kappa shape index (κ2) is 7.13. The van der Waals surface area contributed by atoms with Gasteiger partial charge in [0.05, 0.1) is 10.7 Å². The molecule has 0 aromatic heterocycles. The lowest BCUT2D eigenvalue weighted by Crippen LogP contribution is -2.17. The van der Waals surface area contributed by atoms with Crippen LogP contribution in [0.25, 0.3) is 0 Å². The number of nitrogens with one attached hydrogen (secondary N) is 1. The van der Waals surface area contributed by atoms with Crippen LogP contribution in [0.2, 0.25) is 5.02 Å². The predicted molar refractivity (Wildman–Crippen MR) is 91.7 cm³/mol. The number of hydrogen-bond donors (Lipinski definition) is 3. The van der Waals surface area contributed by atoms with Crippen LogP contribution in [0.5, 0.6) is 11.5 Å². The highest BCUT2D eigenvalue weighted by Crippen LogP contribution is 2.40. The van der Waals surface area contributed by atoms with Crippen molar-refractivity contribution in [1.29, 1.82) is 0 Å². The van der Waals surface area contributed by atoms with Gasteiger partial charge in [0.25, 0.3) is 5.91 Å². The van der Waals surface area contributed by atoms with Gasteiger partial charge in [-0.15, -0.1) is 0 Å². The summed E-state index contributed by atoms with van der Waals surface area (Å²) in [7, 11) is 0. The Bertz CT molecular complexity index is 749. The van der Waals surface area contributed by atoms with Gasteiger partial charge in [0.1, 0.15) is 0 Å². The number of amides is 1. The van der Waals surface area contributed by atoms with Gasteiger partial charge < -0.3 is 10.2 Å². The SMILES string of the molecule is O=C(NN=Cc1cc(O)c(O)c(Br)c1Br)c1ccc(Cl)cc1. The quantitative estimate of drug-likeness (QED) is 0.377. The molecule has 8 heteroatoms. The first-order chi connectivity index (χ1) is 10.4. The molecular weight excluding hydrogens is 439 g/mol. The molecule has 0 radical (unpaired) electrons. The van der Waals surface area contributed by atoms with Gasteiger partial charge in [-0.25, -0.2) is 5.43 Å². The minimum absolute atomic E-state index is 0.283. The number of hydrogen-bond acceptors (Lipinski definition) is 4. The first-order valence-corrected chi connectivity index (χ1v) is 7.85. The van der Waals surface area contributed by atoms with E-state index in [1.165, 1.54) is 12.3 Å². The molecule has 0 aliphatic heterocycles. The van der Waals surface area contributed by atoms with E-state index in [1.54, 1.807) is 24.3 Å². The lowest BCUT2D eigenvalue weighted by Gasteiger charge is -2.06. The van der Waals surface area contributed by atoms with Gasteiger partial charge >= 0.3 is 0 Å². The molecule has 0 spiro atoms. The molecule has 0 saturated heterocycles. The third kappa shape index (κ3) is 3.79. The van der Waals surface area contributed by atoms with E-state index in [0.717, 1.165) is 0 Å². The largest absolute Gasteiger partial charge is 0.504 e. The van der Waals surface area contributed by atoms with E-state index in [0.29, 0.717) is 20.6 Å². The fraction of sp³-hybridized carbons (Fsp3) is 0. The van der Waals surface area contributed by atoms with Gasteiger partial charge in [-0.2, -0.15) is 5.10 Å². The number of nitrogens with zero attached hydrogens (tertiary/aromatic N) is 1. The Morgan fingerprint density at radius 2 is 1.82 bits per heavy atom. The number of phenols is 2. The summed E-state index contributed by atoms with van der Waals surface area (Å²) < 4.78 is 0.783. The van der Waals surface area contributed by atoms with Gasteiger partial charge in [-0.1, -0.05) is 11.6 Å². The van der Waals surface area contributed by atoms with Crippen LogP contribution in [0.15, 0.2) is 44.4 Å². The molecule has 3 N–H and O–H groups in total. The van der Waals surface area contributed by atoms with E-state index in [9.17, 15) is 15.0 Å². The second-order valence-electron chi connectivity index (χ2n) is 4.17. The highest BCUT2D eigenvalue weighted by atomic mass is 79.9. The van der Waals surface area contributed by atoms with Gasteiger partial charge in [0.15, 0.2) is 11.5 Å². The summed E-state index contributed by atoms with van der Waals surface area (Å²) >= 11 is 12.1. The highest BCUT2D eigenvalue weighted by molar-refractivity contribution is 9.13. The molecule has 2 aromatic carbocycles. The Balaban J connectivity index is 2.13. The van der Waals surface area contributed by atoms with Crippen LogP contribution >= 0.6 is 43.5 Å². The number of carbonyl (C=O) groups excluding carboxylic acids is 1. The molecule has 5 nitrogen and oxygen atoms in total. The zero-order valence-corrected chi connectivity index (χ0v) is 14.8. The van der Waals surface area contributed by atoms with Crippen molar-refractivity contribution in [2.45, 2.75) is 0 Å². The minimum Gasteiger partial charge on any atom is -0.504 e. The molecule has 0 heterocycles. The molecule has 0 unspecified atom stereocenters. The van der Waals surface area contributed by atoms with E-state index in [-0.39, 0.29) is 16.0 Å². The summed E-state index contributed by atoms with van der Waals surface area (Å²) in [5, 5.41) is 23.4. The van der Waals surface area contributed by atoms with Gasteiger partial charge in [-0.05, 0) is 62.2 Å². The summed E-state index contributed by atoms with van der Waals surface area (Å²) in [5.41, 5.74) is 3.24. The van der Waals surface area contributed by atoms with Gasteiger partial charge in [0, 0.05) is 20.6 Å². The molecular formula is C14H9Br2ClN2O3. The molecule has 2 aromatic rings. The number of phenolic OH excluding ortho intramolecular Hbond substituents is 2. The van der Waals surface area contributed by atoms with E-state index in [2.05, 4.69) is 42.4 Å². The summed E-state index contributed by atoms with van der Waals surface area (Å²) in [6.07, 6.45) is 1.34. The topological polar surface area (TPSA) is 81.9 Å². The van der Waals surface area contributed by atoms with Gasteiger partial charge in [0.2, 0.25) is 0 Å². The number of carbonyl (C=O) groups is 1. The summed E-state index contributed by atoms with van der Waals surface area (Å²) in [6, 6.07) is 7.66. The van der Waals surface area contributed by atoms with Crippen LogP contribution in [0.4, 0.5) is 0 Å². The average Bonchev–Trinajstić information content (AvgIpc) is 2.50. The smallest absolute Gasteiger partial charge is 0.271 e. The zero-order valence-electron chi connectivity index (χ0n) is 10.8. The minimum atomic E-state index is -0.397. The van der Waals surface area contributed by atoms with Crippen LogP contribution in [-0.4, -0.2) is 22.3 Å². The Morgan fingerprint density at radius 3 is 2.45 bits per heavy atom. The molecule has 1 amide bonds. The van der Waals surface area contributed by atoms with Crippen molar-refractivity contribution in [3.8, 4) is 11.5 Å². The summed E-state index contributed by atoms with van der Waals surface area (Å²) in [5.74, 6) is -0.985. The van der Waals surface area contributed by atoms with Crippen molar-refractivity contribution < 1.29 is 15.0 Å². The number of hydrazone groups is 1. The van der Waals surface area contributed by atoms with Crippen LogP contribution in [0.3, 0.4) is 0 Å². The molecule has 0 aliphatic carbocycles. The molecule has 0 saturated carbocycles. The number of rotatable bonds is 3. The van der Waals surface area contributed by atoms with E-state index >= 15 is 0 Å². The van der Waals surface area contributed by atoms with Crippen molar-refractivity contribution in [1.82, 2.24) is 5.43 Å². The molecule has 0 atom stereocenters. The fourth-order valence-electron chi connectivity index (χ4n) is 1.54. The number of benzene rings is 2. The fourth-order valence-corrected chi connectivity index (χ4v) is 2.50. The Hall–Kier alpha value is -1.57. The molecule has 0 aliphatic rings. The van der Waals surface area contributed by atoms with Crippen molar-refractivity contribution >= 4 is 55.6 Å². The van der Waals surface area contributed by atoms with Crippen LogP contribution in [-0.2, 0) is 0 Å². The third-order valence-electron chi connectivity index (χ3n) is 2.67. The van der Waals surface area contributed by atoms with E-state index < -0.39 is 5.91 Å². The summed E-state index contributed by atoms with van der Waals surface area (Å²) in [4.78, 5) is 11.8. The zero-order chi connectivity index (χ0) is 16.3. The van der Waals surface area contributed by atoms with Crippen LogP contribution in [0.1, 0.15) is 15.9 Å². The highest BCUT2D eigenvalue weighted by Gasteiger charge is 2.12. The molecule has 22 heavy (non-hydrogen) atoms. The standard InChI is InChI=1S/C14H9Br2ClN2O3/c15-11-8(5-10(20)13(21)12(11)16)6-18-19-14(22)7-1-3-9(17)4-2-7/h1-6,20-21H,(H,19,22). The van der Waals surface area contributed by atoms with Crippen molar-refractivity contribution in [2.24, 2.45) is 5.10 Å². The lowest BCUT2D eigenvalue weighted by molar-refractivity contribution is 0.0955. The number of aromatic hydroxyl groups is 2. The average molecular weight is 448 g/mol. The van der Waals surface area contributed by atoms with Gasteiger partial charge in [-0.3, -0.25) is 4.79 Å². The molecule has 114 valence electrons. The molecule has 0 bridgehead atoms. The van der Waals surface area contributed by atoms with Crippen molar-refractivity contribution in [2.75, 3.05) is 0 Å². The normalized spacial score (nSPS) is 10.9. The Labute approximate surface area is 147 Å². The molecule has 0 fully saturated rings. The van der Waals surface area contributed by atoms with Crippen molar-refractivity contribution in [3.05, 3.63) is 55.4 Å². The van der Waals surface area contributed by atoms with Crippen molar-refractivity contribution in [3.63, 3.8) is 0 Å². The maximum Gasteiger partial charge on any atom is 0.271 e. The Kier molecular flexibility index (Phi) is 5.44. The maximum absolute atomic E-state index is 11.8. The lowest BCUT2D eigenvalue weighted by atomic mass is 10.2. The maximum atomic E-state index is 11.8. The molecule has 2 rings (SSSR count). The second-order valence-corrected chi connectivity index (χ2v) is 6.19. The van der Waals surface area contributed by atoms with Crippen LogP contribution < -0.4 is 5.43 Å². The predicted octanol–water partition coefficient (Wildman–Crippen LogP) is 4.04. The Morgan fingerprint density at radius 1 is 1.18 bits per heavy atom. The first kappa shape index (κ1) is 16.8. The third-order valence-corrected chi connectivity index (χ3v) is 5.08. The monoisotopic (exact) mass is 446 g/mol.